The Morgan fingerprint density at radius 1 is 1.42 bits per heavy atom. The lowest BCUT2D eigenvalue weighted by Gasteiger charge is -2.24. The molecule has 0 aliphatic carbocycles. The van der Waals surface area contributed by atoms with E-state index in [4.69, 9.17) is 19.9 Å². The third-order valence-electron chi connectivity index (χ3n) is 3.13. The summed E-state index contributed by atoms with van der Waals surface area (Å²) in [5, 5.41) is 0. The summed E-state index contributed by atoms with van der Waals surface area (Å²) in [7, 11) is 1.53. The molecule has 0 bridgehead atoms. The number of hydrogen-bond acceptors (Lipinski definition) is 5. The van der Waals surface area contributed by atoms with Gasteiger partial charge in [-0.15, -0.1) is 0 Å². The standard InChI is InChI=1S/C14H19NO4/c1-17-14-11(12(16)9-15)3-2-4-13(14)19-10-5-7-18-8-6-10/h2-4,10H,5-9,15H2,1H3. The maximum atomic E-state index is 11.8. The van der Waals surface area contributed by atoms with Crippen LogP contribution in [-0.2, 0) is 4.74 Å². The lowest BCUT2D eigenvalue weighted by atomic mass is 10.1. The number of ketones is 1. The van der Waals surface area contributed by atoms with Gasteiger partial charge in [-0.25, -0.2) is 0 Å². The Balaban J connectivity index is 2.21. The summed E-state index contributed by atoms with van der Waals surface area (Å²) >= 11 is 0. The maximum Gasteiger partial charge on any atom is 0.180 e. The Morgan fingerprint density at radius 3 is 2.79 bits per heavy atom. The molecule has 5 heteroatoms. The van der Waals surface area contributed by atoms with Crippen molar-refractivity contribution < 1.29 is 19.0 Å². The molecule has 0 aromatic heterocycles. The molecular weight excluding hydrogens is 246 g/mol. The van der Waals surface area contributed by atoms with Crippen LogP contribution in [-0.4, -0.2) is 38.8 Å². The molecule has 0 amide bonds. The highest BCUT2D eigenvalue weighted by molar-refractivity contribution is 6.00. The molecular formula is C14H19NO4. The number of Topliss-reactive ketones (excluding diaryl/α,β-unsaturated/α-hetero) is 1. The maximum absolute atomic E-state index is 11.8. The first kappa shape index (κ1) is 13.8. The van der Waals surface area contributed by atoms with Gasteiger partial charge in [-0.2, -0.15) is 0 Å². The highest BCUT2D eigenvalue weighted by atomic mass is 16.5. The Labute approximate surface area is 112 Å². The van der Waals surface area contributed by atoms with Crippen LogP contribution in [0.1, 0.15) is 23.2 Å². The number of carbonyl (C=O) groups is 1. The number of ether oxygens (including phenoxy) is 3. The van der Waals surface area contributed by atoms with Crippen molar-refractivity contribution in [3.8, 4) is 11.5 Å². The summed E-state index contributed by atoms with van der Waals surface area (Å²) in [6.07, 6.45) is 1.79. The predicted molar refractivity (Wildman–Crippen MR) is 70.8 cm³/mol. The van der Waals surface area contributed by atoms with Crippen molar-refractivity contribution in [2.24, 2.45) is 5.73 Å². The van der Waals surface area contributed by atoms with Crippen LogP contribution < -0.4 is 15.2 Å². The Bertz CT molecular complexity index is 441. The molecule has 1 aliphatic rings. The zero-order valence-electron chi connectivity index (χ0n) is 11.1. The zero-order chi connectivity index (χ0) is 13.7. The van der Waals surface area contributed by atoms with E-state index < -0.39 is 0 Å². The van der Waals surface area contributed by atoms with Crippen molar-refractivity contribution in [2.75, 3.05) is 26.9 Å². The topological polar surface area (TPSA) is 70.8 Å². The van der Waals surface area contributed by atoms with Gasteiger partial charge in [0.2, 0.25) is 0 Å². The smallest absolute Gasteiger partial charge is 0.180 e. The van der Waals surface area contributed by atoms with E-state index in [1.807, 2.05) is 6.07 Å². The molecule has 1 aromatic carbocycles. The fourth-order valence-electron chi connectivity index (χ4n) is 2.12. The van der Waals surface area contributed by atoms with Crippen molar-refractivity contribution in [3.05, 3.63) is 23.8 Å². The van der Waals surface area contributed by atoms with E-state index in [0.717, 1.165) is 12.8 Å². The normalized spacial score (nSPS) is 16.1. The average molecular weight is 265 g/mol. The van der Waals surface area contributed by atoms with E-state index in [-0.39, 0.29) is 18.4 Å². The molecule has 0 radical (unpaired) electrons. The fourth-order valence-corrected chi connectivity index (χ4v) is 2.12. The van der Waals surface area contributed by atoms with Crippen LogP contribution in [0.3, 0.4) is 0 Å². The van der Waals surface area contributed by atoms with Crippen LogP contribution in [0.4, 0.5) is 0 Å². The van der Waals surface area contributed by atoms with Gasteiger partial charge in [0.15, 0.2) is 17.3 Å². The van der Waals surface area contributed by atoms with Crippen LogP contribution >= 0.6 is 0 Å². The van der Waals surface area contributed by atoms with Gasteiger partial charge >= 0.3 is 0 Å². The highest BCUT2D eigenvalue weighted by Gasteiger charge is 2.20. The molecule has 0 unspecified atom stereocenters. The minimum absolute atomic E-state index is 0.0446. The molecule has 1 aliphatic heterocycles. The fraction of sp³-hybridized carbons (Fsp3) is 0.500. The van der Waals surface area contributed by atoms with Crippen molar-refractivity contribution in [3.63, 3.8) is 0 Å². The Morgan fingerprint density at radius 2 is 2.16 bits per heavy atom. The van der Waals surface area contributed by atoms with Crippen LogP contribution in [0.25, 0.3) is 0 Å². The van der Waals surface area contributed by atoms with Crippen LogP contribution in [0, 0.1) is 0 Å². The number of para-hydroxylation sites is 1. The second-order valence-corrected chi connectivity index (χ2v) is 4.39. The zero-order valence-corrected chi connectivity index (χ0v) is 11.1. The van der Waals surface area contributed by atoms with Gasteiger partial charge in [0.1, 0.15) is 6.10 Å². The second-order valence-electron chi connectivity index (χ2n) is 4.39. The number of rotatable bonds is 5. The summed E-state index contributed by atoms with van der Waals surface area (Å²) < 4.78 is 16.5. The number of benzene rings is 1. The first-order valence-corrected chi connectivity index (χ1v) is 6.41. The largest absolute Gasteiger partial charge is 0.492 e. The second kappa shape index (κ2) is 6.54. The van der Waals surface area contributed by atoms with E-state index in [1.54, 1.807) is 12.1 Å². The van der Waals surface area contributed by atoms with Gasteiger partial charge in [0.25, 0.3) is 0 Å². The van der Waals surface area contributed by atoms with Crippen LogP contribution in [0.2, 0.25) is 0 Å². The third-order valence-corrected chi connectivity index (χ3v) is 3.13. The minimum atomic E-state index is -0.158. The van der Waals surface area contributed by atoms with Crippen molar-refractivity contribution >= 4 is 5.78 Å². The quantitative estimate of drug-likeness (QED) is 0.815. The Kier molecular flexibility index (Phi) is 4.76. The van der Waals surface area contributed by atoms with Crippen molar-refractivity contribution in [1.82, 2.24) is 0 Å². The first-order chi connectivity index (χ1) is 9.26. The molecule has 19 heavy (non-hydrogen) atoms. The highest BCUT2D eigenvalue weighted by Crippen LogP contribution is 2.33. The van der Waals surface area contributed by atoms with E-state index in [1.165, 1.54) is 7.11 Å². The van der Waals surface area contributed by atoms with Gasteiger partial charge in [-0.1, -0.05) is 6.07 Å². The van der Waals surface area contributed by atoms with Gasteiger partial charge in [-0.05, 0) is 12.1 Å². The molecule has 5 nitrogen and oxygen atoms in total. The molecule has 1 fully saturated rings. The van der Waals surface area contributed by atoms with Gasteiger partial charge in [0, 0.05) is 12.8 Å². The molecule has 0 saturated carbocycles. The molecule has 2 rings (SSSR count). The van der Waals surface area contributed by atoms with Gasteiger partial charge in [-0.3, -0.25) is 4.79 Å². The van der Waals surface area contributed by atoms with E-state index >= 15 is 0 Å². The molecule has 1 saturated heterocycles. The summed E-state index contributed by atoms with van der Waals surface area (Å²) in [6.45, 7) is 1.36. The minimum Gasteiger partial charge on any atom is -0.492 e. The van der Waals surface area contributed by atoms with Gasteiger partial charge in [0.05, 0.1) is 32.4 Å². The molecule has 1 heterocycles. The summed E-state index contributed by atoms with van der Waals surface area (Å²) in [5.41, 5.74) is 5.87. The first-order valence-electron chi connectivity index (χ1n) is 6.41. The number of hydrogen-bond donors (Lipinski definition) is 1. The summed E-state index contributed by atoms with van der Waals surface area (Å²) in [4.78, 5) is 11.8. The van der Waals surface area contributed by atoms with Gasteiger partial charge < -0.3 is 19.9 Å². The third kappa shape index (κ3) is 3.24. The van der Waals surface area contributed by atoms with E-state index in [2.05, 4.69) is 0 Å². The molecule has 1 aromatic rings. The summed E-state index contributed by atoms with van der Waals surface area (Å²) in [6, 6.07) is 5.28. The number of carbonyl (C=O) groups excluding carboxylic acids is 1. The monoisotopic (exact) mass is 265 g/mol. The van der Waals surface area contributed by atoms with Crippen molar-refractivity contribution in [1.29, 1.82) is 0 Å². The van der Waals surface area contributed by atoms with E-state index in [9.17, 15) is 4.79 Å². The molecule has 104 valence electrons. The lowest BCUT2D eigenvalue weighted by molar-refractivity contribution is 0.0245. The SMILES string of the molecule is COc1c(OC2CCOCC2)cccc1C(=O)CN. The van der Waals surface area contributed by atoms with Crippen molar-refractivity contribution in [2.45, 2.75) is 18.9 Å². The Hall–Kier alpha value is -1.59. The average Bonchev–Trinajstić information content (AvgIpc) is 2.47. The molecule has 2 N–H and O–H groups in total. The van der Waals surface area contributed by atoms with Crippen LogP contribution in [0.5, 0.6) is 11.5 Å². The molecule has 0 spiro atoms. The predicted octanol–water partition coefficient (Wildman–Crippen LogP) is 1.39. The number of nitrogens with two attached hydrogens (primary N) is 1. The number of methoxy groups -OCH3 is 1. The summed E-state index contributed by atoms with van der Waals surface area (Å²) in [5.74, 6) is 0.896. The lowest BCUT2D eigenvalue weighted by Crippen LogP contribution is -2.26. The molecule has 0 atom stereocenters. The van der Waals surface area contributed by atoms with Crippen LogP contribution in [0.15, 0.2) is 18.2 Å². The van der Waals surface area contributed by atoms with E-state index in [0.29, 0.717) is 30.3 Å².